The van der Waals surface area contributed by atoms with E-state index in [4.69, 9.17) is 0 Å². The van der Waals surface area contributed by atoms with E-state index >= 15 is 0 Å². The minimum Gasteiger partial charge on any atom is -0.323 e. The van der Waals surface area contributed by atoms with Crippen LogP contribution >= 0.6 is 0 Å². The summed E-state index contributed by atoms with van der Waals surface area (Å²) < 4.78 is 39.1. The second-order valence-electron chi connectivity index (χ2n) is 5.22. The topological polar surface area (TPSA) is 41.1 Å². The van der Waals surface area contributed by atoms with Crippen molar-refractivity contribution < 1.29 is 18.0 Å². The molecule has 1 rings (SSSR count). The van der Waals surface area contributed by atoms with Gasteiger partial charge in [-0.15, -0.1) is 0 Å². The Balaban J connectivity index is 2.58. The first kappa shape index (κ1) is 15.5. The standard InChI is InChI=1S/C13H17F3N2O/c1-13(2,3)17-5-4-11(19)18-10-7-8(14)6-9(15)12(10)16/h6-7,17H,4-5H2,1-3H3,(H,18,19). The molecule has 0 saturated carbocycles. The fraction of sp³-hybridized carbons (Fsp3) is 0.462. The number of carbonyl (C=O) groups excluding carboxylic acids is 1. The van der Waals surface area contributed by atoms with Crippen molar-refractivity contribution in [1.82, 2.24) is 5.32 Å². The highest BCUT2D eigenvalue weighted by atomic mass is 19.2. The predicted octanol–water partition coefficient (Wildman–Crippen LogP) is 2.82. The van der Waals surface area contributed by atoms with Gasteiger partial charge in [-0.3, -0.25) is 4.79 Å². The first-order valence-corrected chi connectivity index (χ1v) is 5.88. The van der Waals surface area contributed by atoms with E-state index in [1.165, 1.54) is 0 Å². The lowest BCUT2D eigenvalue weighted by Crippen LogP contribution is -2.37. The molecule has 0 aliphatic rings. The maximum absolute atomic E-state index is 13.3. The summed E-state index contributed by atoms with van der Waals surface area (Å²) in [5.74, 6) is -4.05. The van der Waals surface area contributed by atoms with Crippen molar-refractivity contribution in [3.8, 4) is 0 Å². The molecule has 1 aromatic rings. The summed E-state index contributed by atoms with van der Waals surface area (Å²) in [6, 6.07) is 1.17. The lowest BCUT2D eigenvalue weighted by atomic mass is 10.1. The van der Waals surface area contributed by atoms with Gasteiger partial charge in [0, 0.05) is 30.6 Å². The van der Waals surface area contributed by atoms with Crippen LogP contribution in [-0.2, 0) is 4.79 Å². The molecule has 0 fully saturated rings. The Morgan fingerprint density at radius 1 is 1.21 bits per heavy atom. The molecule has 0 aliphatic heterocycles. The van der Waals surface area contributed by atoms with Crippen molar-refractivity contribution >= 4 is 11.6 Å². The van der Waals surface area contributed by atoms with Gasteiger partial charge in [-0.1, -0.05) is 0 Å². The van der Waals surface area contributed by atoms with Crippen LogP contribution in [0.1, 0.15) is 27.2 Å². The molecule has 106 valence electrons. The summed E-state index contributed by atoms with van der Waals surface area (Å²) in [7, 11) is 0. The molecule has 0 heterocycles. The Kier molecular flexibility index (Phi) is 4.94. The molecule has 0 spiro atoms. The first-order valence-electron chi connectivity index (χ1n) is 5.88. The average molecular weight is 274 g/mol. The van der Waals surface area contributed by atoms with E-state index < -0.39 is 29.0 Å². The number of anilines is 1. The number of halogens is 3. The monoisotopic (exact) mass is 274 g/mol. The van der Waals surface area contributed by atoms with E-state index in [0.717, 1.165) is 6.07 Å². The lowest BCUT2D eigenvalue weighted by Gasteiger charge is -2.20. The molecule has 1 aromatic carbocycles. The summed E-state index contributed by atoms with van der Waals surface area (Å²) in [6.07, 6.45) is 0.0782. The third-order valence-corrected chi connectivity index (χ3v) is 2.27. The van der Waals surface area contributed by atoms with E-state index in [9.17, 15) is 18.0 Å². The summed E-state index contributed by atoms with van der Waals surface area (Å²) in [5, 5.41) is 5.22. The number of amides is 1. The largest absolute Gasteiger partial charge is 0.323 e. The lowest BCUT2D eigenvalue weighted by molar-refractivity contribution is -0.116. The average Bonchev–Trinajstić information content (AvgIpc) is 2.23. The number of hydrogen-bond donors (Lipinski definition) is 2. The SMILES string of the molecule is CC(C)(C)NCCC(=O)Nc1cc(F)cc(F)c1F. The van der Waals surface area contributed by atoms with Crippen molar-refractivity contribution in [2.45, 2.75) is 32.7 Å². The Morgan fingerprint density at radius 2 is 1.84 bits per heavy atom. The van der Waals surface area contributed by atoms with Crippen molar-refractivity contribution in [1.29, 1.82) is 0 Å². The van der Waals surface area contributed by atoms with Gasteiger partial charge < -0.3 is 10.6 Å². The van der Waals surface area contributed by atoms with Gasteiger partial charge in [-0.05, 0) is 20.8 Å². The van der Waals surface area contributed by atoms with Gasteiger partial charge in [0.1, 0.15) is 5.82 Å². The Labute approximate surface area is 110 Å². The highest BCUT2D eigenvalue weighted by Crippen LogP contribution is 2.19. The third-order valence-electron chi connectivity index (χ3n) is 2.27. The van der Waals surface area contributed by atoms with Crippen LogP contribution in [0.5, 0.6) is 0 Å². The van der Waals surface area contributed by atoms with Gasteiger partial charge in [0.05, 0.1) is 5.69 Å². The van der Waals surface area contributed by atoms with Crippen LogP contribution in [-0.4, -0.2) is 18.0 Å². The summed E-state index contributed by atoms with van der Waals surface area (Å²) in [5.41, 5.74) is -0.630. The third kappa shape index (κ3) is 5.30. The quantitative estimate of drug-likeness (QED) is 0.829. The van der Waals surface area contributed by atoms with Gasteiger partial charge in [-0.25, -0.2) is 13.2 Å². The molecule has 0 aromatic heterocycles. The number of benzene rings is 1. The molecule has 0 aliphatic carbocycles. The van der Waals surface area contributed by atoms with Crippen LogP contribution in [0.2, 0.25) is 0 Å². The number of rotatable bonds is 4. The van der Waals surface area contributed by atoms with Crippen LogP contribution < -0.4 is 10.6 Å². The minimum atomic E-state index is -1.33. The molecule has 19 heavy (non-hydrogen) atoms. The maximum atomic E-state index is 13.3. The normalized spacial score (nSPS) is 11.5. The van der Waals surface area contributed by atoms with Gasteiger partial charge >= 0.3 is 0 Å². The highest BCUT2D eigenvalue weighted by Gasteiger charge is 2.14. The van der Waals surface area contributed by atoms with Crippen LogP contribution in [0.25, 0.3) is 0 Å². The molecule has 0 atom stereocenters. The van der Waals surface area contributed by atoms with Crippen LogP contribution in [0.15, 0.2) is 12.1 Å². The van der Waals surface area contributed by atoms with E-state index in [1.54, 1.807) is 0 Å². The second kappa shape index (κ2) is 6.06. The fourth-order valence-corrected chi connectivity index (χ4v) is 1.41. The Morgan fingerprint density at radius 3 is 2.42 bits per heavy atom. The molecule has 6 heteroatoms. The van der Waals surface area contributed by atoms with Crippen molar-refractivity contribution in [2.75, 3.05) is 11.9 Å². The minimum absolute atomic E-state index is 0.0782. The van der Waals surface area contributed by atoms with Gasteiger partial charge in [0.15, 0.2) is 11.6 Å². The van der Waals surface area contributed by atoms with E-state index in [0.29, 0.717) is 12.6 Å². The Bertz CT molecular complexity index is 470. The highest BCUT2D eigenvalue weighted by molar-refractivity contribution is 5.90. The Hall–Kier alpha value is -1.56. The molecule has 0 bridgehead atoms. The van der Waals surface area contributed by atoms with Gasteiger partial charge in [0.2, 0.25) is 5.91 Å². The molecule has 0 saturated heterocycles. The predicted molar refractivity (Wildman–Crippen MR) is 67.3 cm³/mol. The van der Waals surface area contributed by atoms with Gasteiger partial charge in [-0.2, -0.15) is 0 Å². The van der Waals surface area contributed by atoms with E-state index in [1.807, 2.05) is 20.8 Å². The number of carbonyl (C=O) groups is 1. The van der Waals surface area contributed by atoms with E-state index in [-0.39, 0.29) is 12.0 Å². The summed E-state index contributed by atoms with van der Waals surface area (Å²) in [6.45, 7) is 6.19. The van der Waals surface area contributed by atoms with E-state index in [2.05, 4.69) is 10.6 Å². The molecule has 2 N–H and O–H groups in total. The first-order chi connectivity index (χ1) is 8.69. The van der Waals surface area contributed by atoms with Crippen molar-refractivity contribution in [3.63, 3.8) is 0 Å². The molecule has 0 unspecified atom stereocenters. The summed E-state index contributed by atoms with van der Waals surface area (Å²) >= 11 is 0. The van der Waals surface area contributed by atoms with Crippen LogP contribution in [0, 0.1) is 17.5 Å². The van der Waals surface area contributed by atoms with Gasteiger partial charge in [0.25, 0.3) is 0 Å². The zero-order valence-electron chi connectivity index (χ0n) is 11.1. The zero-order valence-corrected chi connectivity index (χ0v) is 11.1. The van der Waals surface area contributed by atoms with Crippen molar-refractivity contribution in [2.24, 2.45) is 0 Å². The maximum Gasteiger partial charge on any atom is 0.225 e. The van der Waals surface area contributed by atoms with Crippen LogP contribution in [0.4, 0.5) is 18.9 Å². The molecule has 0 radical (unpaired) electrons. The van der Waals surface area contributed by atoms with Crippen LogP contribution in [0.3, 0.4) is 0 Å². The molecule has 1 amide bonds. The fourth-order valence-electron chi connectivity index (χ4n) is 1.41. The van der Waals surface area contributed by atoms with Crippen molar-refractivity contribution in [3.05, 3.63) is 29.6 Å². The zero-order chi connectivity index (χ0) is 14.6. The number of hydrogen-bond acceptors (Lipinski definition) is 2. The number of nitrogens with one attached hydrogen (secondary N) is 2. The smallest absolute Gasteiger partial charge is 0.225 e. The summed E-state index contributed by atoms with van der Waals surface area (Å²) in [4.78, 5) is 11.5. The molecule has 3 nitrogen and oxygen atoms in total. The molecular formula is C13H17F3N2O. The second-order valence-corrected chi connectivity index (χ2v) is 5.22. The molecular weight excluding hydrogens is 257 g/mol.